The van der Waals surface area contributed by atoms with E-state index in [0.29, 0.717) is 12.8 Å². The van der Waals surface area contributed by atoms with Gasteiger partial charge in [0.05, 0.1) is 0 Å². The van der Waals surface area contributed by atoms with Gasteiger partial charge in [0.15, 0.2) is 0 Å². The van der Waals surface area contributed by atoms with E-state index in [1.807, 2.05) is 0 Å². The minimum Gasteiger partial charge on any atom is -0.550 e. The van der Waals surface area contributed by atoms with Crippen LogP contribution in [0.4, 0.5) is 0 Å². The van der Waals surface area contributed by atoms with E-state index in [0.717, 1.165) is 0 Å². The van der Waals surface area contributed by atoms with Crippen LogP contribution in [0.2, 0.25) is 0 Å². The van der Waals surface area contributed by atoms with Gasteiger partial charge in [0.1, 0.15) is 0 Å². The Balaban J connectivity index is -0.000000255. The maximum atomic E-state index is 9.49. The Morgan fingerprint density at radius 1 is 0.560 bits per heavy atom. The summed E-state index contributed by atoms with van der Waals surface area (Å²) >= 11 is 0. The van der Waals surface area contributed by atoms with E-state index in [-0.39, 0.29) is 58.3 Å². The van der Waals surface area contributed by atoms with E-state index in [4.69, 9.17) is 0 Å². The first-order valence-corrected chi connectivity index (χ1v) is 9.94. The van der Waals surface area contributed by atoms with Crippen LogP contribution in [0.5, 0.6) is 0 Å². The molecule has 0 heterocycles. The molecule has 4 nitrogen and oxygen atoms in total. The maximum absolute atomic E-state index is 9.49. The molecule has 0 atom stereocenters. The number of hydrogen-bond acceptors (Lipinski definition) is 4. The average Bonchev–Trinajstić information content (AvgIpc) is 2.59. The Bertz CT molecular complexity index is 224. The average molecular weight is 430 g/mol. The van der Waals surface area contributed by atoms with E-state index in [9.17, 15) is 19.8 Å². The van der Waals surface area contributed by atoms with Gasteiger partial charge in [-0.25, -0.2) is 0 Å². The first-order valence-electron chi connectivity index (χ1n) is 9.94. The van der Waals surface area contributed by atoms with Crippen molar-refractivity contribution in [2.75, 3.05) is 0 Å². The van der Waals surface area contributed by atoms with Gasteiger partial charge in [-0.2, -0.15) is 0 Å². The molecule has 0 aromatic rings. The van der Waals surface area contributed by atoms with Crippen molar-refractivity contribution >= 4 is 57.4 Å². The predicted molar refractivity (Wildman–Crippen MR) is 101 cm³/mol. The van der Waals surface area contributed by atoms with E-state index < -0.39 is 11.9 Å². The minimum absolute atomic E-state index is 0. The molecule has 2 fully saturated rings. The third-order valence-corrected chi connectivity index (χ3v) is 3.91. The van der Waals surface area contributed by atoms with Gasteiger partial charge in [-0.05, 0) is 12.8 Å². The van der Waals surface area contributed by atoms with Crippen LogP contribution in [0.15, 0.2) is 0 Å². The molecule has 0 saturated heterocycles. The number of carbonyl (C=O) groups is 2. The van der Waals surface area contributed by atoms with Crippen LogP contribution in [0.25, 0.3) is 0 Å². The number of carbonyl (C=O) groups excluding carboxylic acids is 2. The van der Waals surface area contributed by atoms with Crippen molar-refractivity contribution in [3.63, 3.8) is 0 Å². The molecule has 0 aliphatic heterocycles. The predicted octanol–water partition coefficient (Wildman–Crippen LogP) is 3.37. The summed E-state index contributed by atoms with van der Waals surface area (Å²) in [6.45, 7) is 3.60. The molecule has 0 aromatic carbocycles. The minimum atomic E-state index is -0.961. The van der Waals surface area contributed by atoms with Gasteiger partial charge in [0, 0.05) is 11.9 Å². The molecule has 0 N–H and O–H groups in total. The van der Waals surface area contributed by atoms with E-state index in [1.54, 1.807) is 13.8 Å². The van der Waals surface area contributed by atoms with Crippen molar-refractivity contribution in [2.24, 2.45) is 0 Å². The molecular formula is C20H38O4Sr. The van der Waals surface area contributed by atoms with E-state index in [1.165, 1.54) is 77.0 Å². The molecule has 2 aliphatic rings. The molecule has 2 aliphatic carbocycles. The SMILES string of the molecule is C1CCCCC1.C1CCCCC1.CCCC(=O)[O-].CCCC(=O)[O-].[Sr+2]. The normalized spacial score (nSPS) is 15.4. The van der Waals surface area contributed by atoms with Crippen LogP contribution >= 0.6 is 0 Å². The Labute approximate surface area is 192 Å². The first-order chi connectivity index (χ1) is 11.5. The summed E-state index contributed by atoms with van der Waals surface area (Å²) in [7, 11) is 0. The molecule has 0 amide bonds. The van der Waals surface area contributed by atoms with Crippen LogP contribution in [0.1, 0.15) is 117 Å². The van der Waals surface area contributed by atoms with Gasteiger partial charge in [-0.15, -0.1) is 0 Å². The molecule has 25 heavy (non-hydrogen) atoms. The second-order valence-electron chi connectivity index (χ2n) is 6.49. The Hall–Kier alpha value is 0.421. The second-order valence-corrected chi connectivity index (χ2v) is 6.49. The van der Waals surface area contributed by atoms with Gasteiger partial charge in [0.2, 0.25) is 0 Å². The molecular weight excluding hydrogens is 392 g/mol. The van der Waals surface area contributed by atoms with Gasteiger partial charge in [0.25, 0.3) is 0 Å². The van der Waals surface area contributed by atoms with Crippen LogP contribution in [0.3, 0.4) is 0 Å². The third-order valence-electron chi connectivity index (χ3n) is 3.91. The molecule has 0 radical (unpaired) electrons. The summed E-state index contributed by atoms with van der Waals surface area (Å²) in [4.78, 5) is 19.0. The monoisotopic (exact) mass is 430 g/mol. The number of aliphatic carboxylic acids is 2. The standard InChI is InChI=1S/2C6H12.2C4H8O2.Sr/c2*1-2-4-6-5-3-1;2*1-2-3-4(5)6;/h2*1-6H2;2*2-3H2,1H3,(H,5,6);/q;;;;+2/p-2. The van der Waals surface area contributed by atoms with Crippen LogP contribution < -0.4 is 10.2 Å². The fourth-order valence-corrected chi connectivity index (χ4v) is 2.53. The Morgan fingerprint density at radius 2 is 0.720 bits per heavy atom. The fourth-order valence-electron chi connectivity index (χ4n) is 2.53. The third kappa shape index (κ3) is 36.2. The zero-order chi connectivity index (χ0) is 18.5. The number of carboxylic acid groups (broad SMARTS) is 2. The molecule has 0 spiro atoms. The van der Waals surface area contributed by atoms with Crippen molar-refractivity contribution in [3.8, 4) is 0 Å². The van der Waals surface area contributed by atoms with Gasteiger partial charge < -0.3 is 19.8 Å². The smallest absolute Gasteiger partial charge is 0.550 e. The number of rotatable bonds is 4. The number of carboxylic acids is 2. The Morgan fingerprint density at radius 3 is 0.760 bits per heavy atom. The summed E-state index contributed by atoms with van der Waals surface area (Å²) in [6, 6.07) is 0. The molecule has 0 unspecified atom stereocenters. The van der Waals surface area contributed by atoms with Crippen molar-refractivity contribution < 1.29 is 19.8 Å². The van der Waals surface area contributed by atoms with Gasteiger partial charge >= 0.3 is 45.5 Å². The van der Waals surface area contributed by atoms with Crippen LogP contribution in [-0.2, 0) is 9.59 Å². The summed E-state index contributed by atoms with van der Waals surface area (Å²) in [5.74, 6) is -1.92. The zero-order valence-corrected chi connectivity index (χ0v) is 20.1. The summed E-state index contributed by atoms with van der Waals surface area (Å²) < 4.78 is 0. The Kier molecular flexibility index (Phi) is 32.1. The summed E-state index contributed by atoms with van der Waals surface area (Å²) in [5.41, 5.74) is 0. The topological polar surface area (TPSA) is 80.3 Å². The molecule has 5 heteroatoms. The van der Waals surface area contributed by atoms with Crippen molar-refractivity contribution in [2.45, 2.75) is 117 Å². The van der Waals surface area contributed by atoms with Gasteiger partial charge in [-0.3, -0.25) is 0 Å². The van der Waals surface area contributed by atoms with Crippen LogP contribution in [-0.4, -0.2) is 57.4 Å². The molecule has 0 bridgehead atoms. The summed E-state index contributed by atoms with van der Waals surface area (Å²) in [5, 5.41) is 19.0. The molecule has 0 aromatic heterocycles. The van der Waals surface area contributed by atoms with Crippen molar-refractivity contribution in [3.05, 3.63) is 0 Å². The molecule has 2 rings (SSSR count). The maximum Gasteiger partial charge on any atom is 2.00 e. The zero-order valence-electron chi connectivity index (χ0n) is 16.7. The fraction of sp³-hybridized carbons (Fsp3) is 0.900. The van der Waals surface area contributed by atoms with E-state index in [2.05, 4.69) is 0 Å². The van der Waals surface area contributed by atoms with Gasteiger partial charge in [-0.1, -0.05) is 104 Å². The van der Waals surface area contributed by atoms with Crippen molar-refractivity contribution in [1.82, 2.24) is 0 Å². The molecule has 144 valence electrons. The van der Waals surface area contributed by atoms with Crippen molar-refractivity contribution in [1.29, 1.82) is 0 Å². The first kappa shape index (κ1) is 30.2. The quantitative estimate of drug-likeness (QED) is 0.641. The largest absolute Gasteiger partial charge is 2.00 e. The molecule has 2 saturated carbocycles. The van der Waals surface area contributed by atoms with E-state index >= 15 is 0 Å². The van der Waals surface area contributed by atoms with Crippen LogP contribution in [0, 0.1) is 0 Å². The number of hydrogen-bond donors (Lipinski definition) is 0. The summed E-state index contributed by atoms with van der Waals surface area (Å²) in [6.07, 6.45) is 19.7. The second kappa shape index (κ2) is 26.6.